The Morgan fingerprint density at radius 2 is 1.92 bits per heavy atom. The van der Waals surface area contributed by atoms with Gasteiger partial charge in [-0.15, -0.1) is 0 Å². The van der Waals surface area contributed by atoms with Crippen LogP contribution >= 0.6 is 22.6 Å². The summed E-state index contributed by atoms with van der Waals surface area (Å²) in [6.45, 7) is 2.85. The molecule has 134 valence electrons. The Labute approximate surface area is 157 Å². The topological polar surface area (TPSA) is 70.6 Å². The van der Waals surface area contributed by atoms with Gasteiger partial charge < -0.3 is 10.4 Å². The minimum atomic E-state index is -0.981. The van der Waals surface area contributed by atoms with Gasteiger partial charge in [0.1, 0.15) is 17.2 Å². The molecular weight excluding hydrogens is 445 g/mol. The molecule has 2 aromatic carbocycles. The van der Waals surface area contributed by atoms with E-state index in [1.165, 1.54) is 18.2 Å². The van der Waals surface area contributed by atoms with Crippen LogP contribution in [-0.2, 0) is 4.84 Å². The van der Waals surface area contributed by atoms with Gasteiger partial charge in [-0.3, -0.25) is 9.63 Å². The zero-order valence-corrected chi connectivity index (χ0v) is 15.7. The van der Waals surface area contributed by atoms with Gasteiger partial charge >= 0.3 is 0 Å². The summed E-state index contributed by atoms with van der Waals surface area (Å²) >= 11 is 1.97. The lowest BCUT2D eigenvalue weighted by Crippen LogP contribution is -2.38. The molecule has 3 N–H and O–H groups in total. The first-order valence-electron chi connectivity index (χ1n) is 7.33. The highest BCUT2D eigenvalue weighted by Gasteiger charge is 2.21. The molecule has 0 atom stereocenters. The number of benzene rings is 2. The van der Waals surface area contributed by atoms with Gasteiger partial charge in [-0.25, -0.2) is 14.3 Å². The third kappa shape index (κ3) is 5.35. The smallest absolute Gasteiger partial charge is 0.276 e. The van der Waals surface area contributed by atoms with Crippen LogP contribution in [0.3, 0.4) is 0 Å². The summed E-state index contributed by atoms with van der Waals surface area (Å²) in [6.07, 6.45) is 0. The molecule has 0 aliphatic rings. The van der Waals surface area contributed by atoms with Crippen molar-refractivity contribution >= 4 is 39.9 Å². The van der Waals surface area contributed by atoms with Crippen molar-refractivity contribution < 1.29 is 23.5 Å². The van der Waals surface area contributed by atoms with Crippen molar-refractivity contribution in [1.29, 1.82) is 0 Å². The summed E-state index contributed by atoms with van der Waals surface area (Å²) < 4.78 is 28.3. The summed E-state index contributed by atoms with van der Waals surface area (Å²) in [4.78, 5) is 17.4. The second-order valence-corrected chi connectivity index (χ2v) is 7.14. The van der Waals surface area contributed by atoms with Crippen LogP contribution < -0.4 is 10.8 Å². The molecule has 0 bridgehead atoms. The Bertz CT molecular complexity index is 784. The fourth-order valence-corrected chi connectivity index (χ4v) is 2.28. The van der Waals surface area contributed by atoms with Crippen LogP contribution in [-0.4, -0.2) is 23.2 Å². The maximum Gasteiger partial charge on any atom is 0.276 e. The number of nitrogens with one attached hydrogen (secondary N) is 2. The van der Waals surface area contributed by atoms with E-state index in [1.54, 1.807) is 19.9 Å². The molecule has 25 heavy (non-hydrogen) atoms. The molecule has 0 saturated heterocycles. The summed E-state index contributed by atoms with van der Waals surface area (Å²) in [5, 5.41) is 11.9. The molecule has 0 unspecified atom stereocenters. The first kappa shape index (κ1) is 19.5. The van der Waals surface area contributed by atoms with E-state index < -0.39 is 23.1 Å². The van der Waals surface area contributed by atoms with E-state index in [-0.39, 0.29) is 23.5 Å². The molecule has 8 heteroatoms. The second kappa shape index (κ2) is 8.07. The van der Waals surface area contributed by atoms with Crippen molar-refractivity contribution in [3.63, 3.8) is 0 Å². The maximum absolute atomic E-state index is 14.0. The highest BCUT2D eigenvalue weighted by atomic mass is 127. The van der Waals surface area contributed by atoms with Crippen molar-refractivity contribution in [3.05, 3.63) is 57.2 Å². The molecular formula is C17H17F2IN2O3. The van der Waals surface area contributed by atoms with Crippen LogP contribution in [0.4, 0.5) is 20.2 Å². The molecule has 0 spiro atoms. The van der Waals surface area contributed by atoms with Crippen molar-refractivity contribution in [2.45, 2.75) is 19.4 Å². The Morgan fingerprint density at radius 3 is 2.56 bits per heavy atom. The maximum atomic E-state index is 14.0. The number of hydroxylamine groups is 1. The highest BCUT2D eigenvalue weighted by molar-refractivity contribution is 14.1. The van der Waals surface area contributed by atoms with E-state index in [9.17, 15) is 13.6 Å². The largest absolute Gasteiger partial charge is 0.393 e. The van der Waals surface area contributed by atoms with E-state index in [2.05, 4.69) is 10.8 Å². The van der Waals surface area contributed by atoms with Crippen LogP contribution in [0.25, 0.3) is 0 Å². The van der Waals surface area contributed by atoms with Gasteiger partial charge in [-0.05, 0) is 72.8 Å². The monoisotopic (exact) mass is 462 g/mol. The molecule has 0 saturated carbocycles. The predicted molar refractivity (Wildman–Crippen MR) is 98.5 cm³/mol. The molecule has 0 aromatic heterocycles. The summed E-state index contributed by atoms with van der Waals surface area (Å²) in [5.74, 6) is -1.77. The minimum absolute atomic E-state index is 0.0630. The third-order valence-corrected chi connectivity index (χ3v) is 3.90. The van der Waals surface area contributed by atoms with Crippen molar-refractivity contribution in [2.24, 2.45) is 0 Å². The Morgan fingerprint density at radius 1 is 1.20 bits per heavy atom. The van der Waals surface area contributed by atoms with Crippen LogP contribution in [0.2, 0.25) is 0 Å². The number of anilines is 2. The van der Waals surface area contributed by atoms with Gasteiger partial charge in [0.05, 0.1) is 23.5 Å². The molecule has 0 aliphatic carbocycles. The van der Waals surface area contributed by atoms with Crippen LogP contribution in [0, 0.1) is 15.2 Å². The normalized spacial score (nSPS) is 11.3. The predicted octanol–water partition coefficient (Wildman–Crippen LogP) is 3.75. The van der Waals surface area contributed by atoms with E-state index in [0.717, 1.165) is 12.1 Å². The standard InChI is InChI=1S/C17H17F2IN2O3/c1-17(2,9-23)25-22-16(24)12-5-3-10(18)7-15(12)21-14-6-4-11(20)8-13(14)19/h3-8,21,23H,9H2,1-2H3,(H,22,24). The summed E-state index contributed by atoms with van der Waals surface area (Å²) in [5.41, 5.74) is 1.48. The fourth-order valence-electron chi connectivity index (χ4n) is 1.83. The van der Waals surface area contributed by atoms with Gasteiger partial charge in [0.25, 0.3) is 5.91 Å². The van der Waals surface area contributed by atoms with E-state index in [1.807, 2.05) is 22.6 Å². The Balaban J connectivity index is 2.26. The van der Waals surface area contributed by atoms with E-state index >= 15 is 0 Å². The molecule has 0 heterocycles. The molecule has 0 fully saturated rings. The second-order valence-electron chi connectivity index (χ2n) is 5.89. The number of hydrogen-bond acceptors (Lipinski definition) is 4. The third-order valence-electron chi connectivity index (χ3n) is 3.23. The number of hydrogen-bond donors (Lipinski definition) is 3. The van der Waals surface area contributed by atoms with E-state index in [0.29, 0.717) is 3.57 Å². The van der Waals surface area contributed by atoms with Crippen LogP contribution in [0.5, 0.6) is 0 Å². The van der Waals surface area contributed by atoms with Gasteiger partial charge in [0, 0.05) is 3.57 Å². The van der Waals surface area contributed by atoms with Crippen LogP contribution in [0.1, 0.15) is 24.2 Å². The molecule has 1 amide bonds. The number of aliphatic hydroxyl groups excluding tert-OH is 1. The van der Waals surface area contributed by atoms with Crippen molar-refractivity contribution in [1.82, 2.24) is 5.48 Å². The lowest BCUT2D eigenvalue weighted by molar-refractivity contribution is -0.0956. The molecule has 0 aliphatic heterocycles. The average molecular weight is 462 g/mol. The highest BCUT2D eigenvalue weighted by Crippen LogP contribution is 2.25. The van der Waals surface area contributed by atoms with Crippen molar-refractivity contribution in [3.8, 4) is 0 Å². The Hall–Kier alpha value is -1.78. The number of halogens is 3. The molecule has 0 radical (unpaired) electrons. The number of rotatable bonds is 6. The lowest BCUT2D eigenvalue weighted by atomic mass is 10.1. The first-order valence-corrected chi connectivity index (χ1v) is 8.40. The lowest BCUT2D eigenvalue weighted by Gasteiger charge is -2.22. The number of aliphatic hydroxyl groups is 1. The van der Waals surface area contributed by atoms with Gasteiger partial charge in [-0.2, -0.15) is 0 Å². The number of amides is 1. The fraction of sp³-hybridized carbons (Fsp3) is 0.235. The zero-order valence-electron chi connectivity index (χ0n) is 13.6. The van der Waals surface area contributed by atoms with Gasteiger partial charge in [-0.1, -0.05) is 0 Å². The van der Waals surface area contributed by atoms with Crippen LogP contribution in [0.15, 0.2) is 36.4 Å². The molecule has 2 rings (SSSR count). The summed E-state index contributed by atoms with van der Waals surface area (Å²) in [7, 11) is 0. The van der Waals surface area contributed by atoms with Crippen molar-refractivity contribution in [2.75, 3.05) is 11.9 Å². The zero-order chi connectivity index (χ0) is 18.6. The molecule has 2 aromatic rings. The SMILES string of the molecule is CC(C)(CO)ONC(=O)c1ccc(F)cc1Nc1ccc(I)cc1F. The average Bonchev–Trinajstić information content (AvgIpc) is 2.55. The molecule has 5 nitrogen and oxygen atoms in total. The minimum Gasteiger partial charge on any atom is -0.393 e. The van der Waals surface area contributed by atoms with Gasteiger partial charge in [0.15, 0.2) is 0 Å². The Kier molecular flexibility index (Phi) is 6.31. The number of carbonyl (C=O) groups is 1. The van der Waals surface area contributed by atoms with E-state index in [4.69, 9.17) is 9.94 Å². The number of carbonyl (C=O) groups excluding carboxylic acids is 1. The first-order chi connectivity index (χ1) is 11.7. The van der Waals surface area contributed by atoms with Gasteiger partial charge in [0.2, 0.25) is 0 Å². The quantitative estimate of drug-likeness (QED) is 0.452. The summed E-state index contributed by atoms with van der Waals surface area (Å²) in [6, 6.07) is 7.94.